The van der Waals surface area contributed by atoms with Gasteiger partial charge in [-0.1, -0.05) is 19.1 Å². The molecule has 0 unspecified atom stereocenters. The lowest BCUT2D eigenvalue weighted by molar-refractivity contribution is 0.0435. The molecule has 1 aliphatic rings. The first-order valence-corrected chi connectivity index (χ1v) is 7.49. The van der Waals surface area contributed by atoms with Crippen LogP contribution >= 0.6 is 0 Å². The minimum atomic E-state index is -0.537. The normalized spacial score (nSPS) is 15.8. The van der Waals surface area contributed by atoms with Gasteiger partial charge in [-0.2, -0.15) is 0 Å². The molecular formula is C18H19NO4. The predicted octanol–water partition coefficient (Wildman–Crippen LogP) is 3.55. The summed E-state index contributed by atoms with van der Waals surface area (Å²) in [5.41, 5.74) is 3.30. The van der Waals surface area contributed by atoms with Gasteiger partial charge in [0, 0.05) is 11.3 Å². The maximum absolute atomic E-state index is 12.2. The SMILES string of the molecule is CCc1ccc(N[C@@H]2OC(=O)c3c2ccc(OC)c3OC)cc1. The Hall–Kier alpha value is -2.69. The van der Waals surface area contributed by atoms with Crippen molar-refractivity contribution in [3.8, 4) is 11.5 Å². The van der Waals surface area contributed by atoms with Crippen molar-refractivity contribution in [3.63, 3.8) is 0 Å². The van der Waals surface area contributed by atoms with Crippen molar-refractivity contribution in [1.82, 2.24) is 0 Å². The van der Waals surface area contributed by atoms with E-state index in [4.69, 9.17) is 14.2 Å². The van der Waals surface area contributed by atoms with Crippen LogP contribution in [0.3, 0.4) is 0 Å². The van der Waals surface area contributed by atoms with Crippen LogP contribution in [0.2, 0.25) is 0 Å². The topological polar surface area (TPSA) is 56.8 Å². The Morgan fingerprint density at radius 3 is 2.43 bits per heavy atom. The second-order valence-corrected chi connectivity index (χ2v) is 5.25. The average molecular weight is 313 g/mol. The minimum Gasteiger partial charge on any atom is -0.493 e. The number of hydrogen-bond donors (Lipinski definition) is 1. The Morgan fingerprint density at radius 2 is 1.83 bits per heavy atom. The van der Waals surface area contributed by atoms with Gasteiger partial charge >= 0.3 is 5.97 Å². The Morgan fingerprint density at radius 1 is 1.09 bits per heavy atom. The molecule has 120 valence electrons. The van der Waals surface area contributed by atoms with Crippen LogP contribution in [0.25, 0.3) is 0 Å². The van der Waals surface area contributed by atoms with Crippen molar-refractivity contribution < 1.29 is 19.0 Å². The van der Waals surface area contributed by atoms with Crippen LogP contribution in [-0.4, -0.2) is 20.2 Å². The van der Waals surface area contributed by atoms with Gasteiger partial charge < -0.3 is 19.5 Å². The van der Waals surface area contributed by atoms with E-state index in [0.29, 0.717) is 17.1 Å². The Bertz CT molecular complexity index is 725. The van der Waals surface area contributed by atoms with Crippen molar-refractivity contribution in [3.05, 3.63) is 53.1 Å². The van der Waals surface area contributed by atoms with Crippen LogP contribution in [0, 0.1) is 0 Å². The van der Waals surface area contributed by atoms with Crippen molar-refractivity contribution in [2.45, 2.75) is 19.6 Å². The molecule has 0 fully saturated rings. The zero-order valence-electron chi connectivity index (χ0n) is 13.4. The summed E-state index contributed by atoms with van der Waals surface area (Å²) < 4.78 is 16.0. The van der Waals surface area contributed by atoms with Gasteiger partial charge in [0.25, 0.3) is 0 Å². The lowest BCUT2D eigenvalue weighted by Gasteiger charge is -2.15. The molecule has 0 bridgehead atoms. The van der Waals surface area contributed by atoms with E-state index in [0.717, 1.165) is 17.7 Å². The first-order valence-electron chi connectivity index (χ1n) is 7.49. The molecule has 2 aromatic rings. The lowest BCUT2D eigenvalue weighted by atomic mass is 10.1. The third-order valence-corrected chi connectivity index (χ3v) is 3.95. The molecule has 3 rings (SSSR count). The number of rotatable bonds is 5. The molecule has 23 heavy (non-hydrogen) atoms. The van der Waals surface area contributed by atoms with E-state index in [-0.39, 0.29) is 0 Å². The van der Waals surface area contributed by atoms with Crippen molar-refractivity contribution in [1.29, 1.82) is 0 Å². The summed E-state index contributed by atoms with van der Waals surface area (Å²) in [6.45, 7) is 2.11. The molecule has 1 aliphatic heterocycles. The molecule has 0 spiro atoms. The van der Waals surface area contributed by atoms with Gasteiger partial charge in [-0.05, 0) is 36.2 Å². The molecule has 0 radical (unpaired) electrons. The fraction of sp³-hybridized carbons (Fsp3) is 0.278. The van der Waals surface area contributed by atoms with Crippen molar-refractivity contribution in [2.75, 3.05) is 19.5 Å². The summed E-state index contributed by atoms with van der Waals surface area (Å²) in [5.74, 6) is 0.496. The summed E-state index contributed by atoms with van der Waals surface area (Å²) in [6.07, 6.45) is 0.447. The summed E-state index contributed by atoms with van der Waals surface area (Å²) in [4.78, 5) is 12.2. The number of ether oxygens (including phenoxy) is 3. The van der Waals surface area contributed by atoms with Crippen LogP contribution < -0.4 is 14.8 Å². The number of methoxy groups -OCH3 is 2. The Kier molecular flexibility index (Phi) is 4.10. The van der Waals surface area contributed by atoms with E-state index in [1.165, 1.54) is 19.8 Å². The number of anilines is 1. The lowest BCUT2D eigenvalue weighted by Crippen LogP contribution is -2.10. The highest BCUT2D eigenvalue weighted by atomic mass is 16.6. The second kappa shape index (κ2) is 6.20. The first-order chi connectivity index (χ1) is 11.2. The van der Waals surface area contributed by atoms with E-state index in [1.54, 1.807) is 6.07 Å². The van der Waals surface area contributed by atoms with Gasteiger partial charge in [0.05, 0.1) is 14.2 Å². The van der Waals surface area contributed by atoms with E-state index < -0.39 is 12.2 Å². The largest absolute Gasteiger partial charge is 0.493 e. The number of hydrogen-bond acceptors (Lipinski definition) is 5. The minimum absolute atomic E-state index is 0.403. The smallest absolute Gasteiger partial charge is 0.344 e. The molecule has 0 saturated heterocycles. The van der Waals surface area contributed by atoms with Crippen LogP contribution in [0.5, 0.6) is 11.5 Å². The zero-order chi connectivity index (χ0) is 16.4. The van der Waals surface area contributed by atoms with Gasteiger partial charge in [-0.25, -0.2) is 4.79 Å². The van der Waals surface area contributed by atoms with Crippen LogP contribution in [0.1, 0.15) is 34.6 Å². The molecule has 0 saturated carbocycles. The van der Waals surface area contributed by atoms with Gasteiger partial charge in [-0.15, -0.1) is 0 Å². The Labute approximate surface area is 135 Å². The van der Waals surface area contributed by atoms with Crippen molar-refractivity contribution >= 4 is 11.7 Å². The molecule has 0 amide bonds. The van der Waals surface area contributed by atoms with E-state index in [2.05, 4.69) is 24.4 Å². The fourth-order valence-electron chi connectivity index (χ4n) is 2.70. The molecule has 5 nitrogen and oxygen atoms in total. The number of esters is 1. The molecule has 0 aromatic heterocycles. The van der Waals surface area contributed by atoms with Crippen LogP contribution in [0.15, 0.2) is 36.4 Å². The molecular weight excluding hydrogens is 294 g/mol. The molecule has 0 aliphatic carbocycles. The van der Waals surface area contributed by atoms with Crippen molar-refractivity contribution in [2.24, 2.45) is 0 Å². The summed E-state index contributed by atoms with van der Waals surface area (Å²) in [7, 11) is 3.05. The third kappa shape index (κ3) is 2.70. The molecule has 1 heterocycles. The zero-order valence-corrected chi connectivity index (χ0v) is 13.4. The summed E-state index contributed by atoms with van der Waals surface area (Å²) in [5, 5.41) is 3.23. The van der Waals surface area contributed by atoms with Gasteiger partial charge in [-0.3, -0.25) is 0 Å². The highest BCUT2D eigenvalue weighted by molar-refractivity contribution is 5.98. The number of carbonyl (C=O) groups is 1. The Balaban J connectivity index is 1.92. The molecule has 1 atom stereocenters. The highest BCUT2D eigenvalue weighted by Crippen LogP contribution is 2.41. The highest BCUT2D eigenvalue weighted by Gasteiger charge is 2.35. The van der Waals surface area contributed by atoms with E-state index in [1.807, 2.05) is 18.2 Å². The maximum Gasteiger partial charge on any atom is 0.344 e. The molecule has 5 heteroatoms. The van der Waals surface area contributed by atoms with Gasteiger partial charge in [0.2, 0.25) is 6.23 Å². The number of aryl methyl sites for hydroxylation is 1. The predicted molar refractivity (Wildman–Crippen MR) is 87.1 cm³/mol. The van der Waals surface area contributed by atoms with Gasteiger partial charge in [0.15, 0.2) is 11.5 Å². The third-order valence-electron chi connectivity index (χ3n) is 3.95. The second-order valence-electron chi connectivity index (χ2n) is 5.25. The standard InChI is InChI=1S/C18H19NO4/c1-4-11-5-7-12(8-6-11)19-17-13-9-10-14(21-2)16(22-3)15(13)18(20)23-17/h5-10,17,19H,4H2,1-3H3/t17-/m1/s1. The number of cyclic esters (lactones) is 1. The number of benzene rings is 2. The quantitative estimate of drug-likeness (QED) is 0.856. The number of nitrogens with one attached hydrogen (secondary N) is 1. The summed E-state index contributed by atoms with van der Waals surface area (Å²) >= 11 is 0. The van der Waals surface area contributed by atoms with Crippen LogP contribution in [0.4, 0.5) is 5.69 Å². The number of carbonyl (C=O) groups excluding carboxylic acids is 1. The monoisotopic (exact) mass is 313 g/mol. The maximum atomic E-state index is 12.2. The van der Waals surface area contributed by atoms with Crippen LogP contribution in [-0.2, 0) is 11.2 Å². The first kappa shape index (κ1) is 15.2. The molecule has 1 N–H and O–H groups in total. The fourth-order valence-corrected chi connectivity index (χ4v) is 2.70. The van der Waals surface area contributed by atoms with E-state index >= 15 is 0 Å². The average Bonchev–Trinajstić information content (AvgIpc) is 2.90. The van der Waals surface area contributed by atoms with Gasteiger partial charge in [0.1, 0.15) is 5.56 Å². The van der Waals surface area contributed by atoms with E-state index in [9.17, 15) is 4.79 Å². The molecule has 2 aromatic carbocycles. The summed E-state index contributed by atoms with van der Waals surface area (Å²) in [6, 6.07) is 11.6. The number of fused-ring (bicyclic) bond motifs is 1.